The Kier molecular flexibility index (Phi) is 2.71. The molecule has 0 amide bonds. The van der Waals surface area contributed by atoms with E-state index in [2.05, 4.69) is 25.9 Å². The van der Waals surface area contributed by atoms with E-state index in [1.54, 1.807) is 11.6 Å². The summed E-state index contributed by atoms with van der Waals surface area (Å²) in [5.74, 6) is 0. The summed E-state index contributed by atoms with van der Waals surface area (Å²) in [6.45, 7) is 2.69. The largest absolute Gasteiger partial charge is 0.329 e. The molecule has 2 aromatic rings. The molecule has 0 unspecified atom stereocenters. The van der Waals surface area contributed by atoms with E-state index in [9.17, 15) is 9.59 Å². The average molecular weight is 287 g/mol. The van der Waals surface area contributed by atoms with Crippen molar-refractivity contribution < 1.29 is 0 Å². The third-order valence-corrected chi connectivity index (χ3v) is 3.01. The molecule has 0 fully saturated rings. The van der Waals surface area contributed by atoms with Crippen molar-refractivity contribution in [3.8, 4) is 0 Å². The van der Waals surface area contributed by atoms with Crippen LogP contribution in [-0.2, 0) is 13.6 Å². The zero-order chi connectivity index (χ0) is 11.9. The van der Waals surface area contributed by atoms with Crippen LogP contribution in [0.3, 0.4) is 0 Å². The lowest BCUT2D eigenvalue weighted by molar-refractivity contribution is 0.679. The van der Waals surface area contributed by atoms with Crippen LogP contribution >= 0.6 is 15.9 Å². The SMILES string of the molecule is CCCn1c(Br)nc2c1c(=O)[nH]c(=O)n2C. The first kappa shape index (κ1) is 11.1. The Morgan fingerprint density at radius 1 is 1.44 bits per heavy atom. The topological polar surface area (TPSA) is 72.7 Å². The first-order valence-electron chi connectivity index (χ1n) is 4.91. The number of aryl methyl sites for hydroxylation is 2. The molecule has 1 N–H and O–H groups in total. The van der Waals surface area contributed by atoms with E-state index in [1.165, 1.54) is 4.57 Å². The minimum Gasteiger partial charge on any atom is -0.313 e. The van der Waals surface area contributed by atoms with E-state index in [1.807, 2.05) is 6.92 Å². The summed E-state index contributed by atoms with van der Waals surface area (Å²) in [7, 11) is 1.58. The van der Waals surface area contributed by atoms with Crippen molar-refractivity contribution in [3.05, 3.63) is 25.6 Å². The summed E-state index contributed by atoms with van der Waals surface area (Å²) < 4.78 is 3.65. The predicted octanol–water partition coefficient (Wildman–Crippen LogP) is 0.596. The molecular weight excluding hydrogens is 276 g/mol. The van der Waals surface area contributed by atoms with E-state index in [0.29, 0.717) is 22.4 Å². The number of aromatic nitrogens is 4. The van der Waals surface area contributed by atoms with Gasteiger partial charge >= 0.3 is 5.69 Å². The molecule has 2 heterocycles. The number of hydrogen-bond acceptors (Lipinski definition) is 3. The van der Waals surface area contributed by atoms with Gasteiger partial charge in [0.1, 0.15) is 0 Å². The van der Waals surface area contributed by atoms with Crippen molar-refractivity contribution >= 4 is 27.1 Å². The predicted molar refractivity (Wildman–Crippen MR) is 63.6 cm³/mol. The van der Waals surface area contributed by atoms with Crippen molar-refractivity contribution in [1.29, 1.82) is 0 Å². The number of H-pyrrole nitrogens is 1. The number of fused-ring (bicyclic) bond motifs is 1. The lowest BCUT2D eigenvalue weighted by Crippen LogP contribution is -2.29. The Labute approximate surface area is 99.1 Å². The normalized spacial score (nSPS) is 11.2. The van der Waals surface area contributed by atoms with E-state index in [-0.39, 0.29) is 0 Å². The molecule has 6 nitrogen and oxygen atoms in total. The highest BCUT2D eigenvalue weighted by Crippen LogP contribution is 2.15. The molecular formula is C9H11BrN4O2. The van der Waals surface area contributed by atoms with Crippen molar-refractivity contribution in [1.82, 2.24) is 19.1 Å². The van der Waals surface area contributed by atoms with Crippen LogP contribution in [-0.4, -0.2) is 19.1 Å². The summed E-state index contributed by atoms with van der Waals surface area (Å²) in [5, 5.41) is 0. The molecule has 2 aromatic heterocycles. The maximum absolute atomic E-state index is 11.7. The lowest BCUT2D eigenvalue weighted by Gasteiger charge is -2.02. The van der Waals surface area contributed by atoms with Gasteiger partial charge in [0.2, 0.25) is 0 Å². The second kappa shape index (κ2) is 3.89. The van der Waals surface area contributed by atoms with Crippen LogP contribution in [0, 0.1) is 0 Å². The van der Waals surface area contributed by atoms with Gasteiger partial charge in [0.15, 0.2) is 15.9 Å². The van der Waals surface area contributed by atoms with Crippen LogP contribution in [0.25, 0.3) is 11.2 Å². The van der Waals surface area contributed by atoms with Crippen molar-refractivity contribution in [2.75, 3.05) is 0 Å². The average Bonchev–Trinajstić information content (AvgIpc) is 2.54. The molecule has 16 heavy (non-hydrogen) atoms. The second-order valence-electron chi connectivity index (χ2n) is 3.52. The smallest absolute Gasteiger partial charge is 0.313 e. The molecule has 0 saturated carbocycles. The standard InChI is InChI=1S/C9H11BrN4O2/c1-3-4-14-5-6(11-8(14)10)13(2)9(16)12-7(5)15/h3-4H2,1-2H3,(H,12,15,16). The van der Waals surface area contributed by atoms with Gasteiger partial charge in [-0.3, -0.25) is 14.3 Å². The van der Waals surface area contributed by atoms with Gasteiger partial charge in [0.05, 0.1) is 0 Å². The summed E-state index contributed by atoms with van der Waals surface area (Å²) in [6, 6.07) is 0. The van der Waals surface area contributed by atoms with Crippen LogP contribution in [0.1, 0.15) is 13.3 Å². The highest BCUT2D eigenvalue weighted by Gasteiger charge is 2.14. The van der Waals surface area contributed by atoms with Gasteiger partial charge < -0.3 is 4.57 Å². The molecule has 0 atom stereocenters. The minimum absolute atomic E-state index is 0.397. The maximum atomic E-state index is 11.7. The van der Waals surface area contributed by atoms with Crippen LogP contribution in [0.2, 0.25) is 0 Å². The molecule has 0 aliphatic rings. The molecule has 0 aliphatic heterocycles. The monoisotopic (exact) mass is 286 g/mol. The number of halogens is 1. The Hall–Kier alpha value is -1.37. The summed E-state index contributed by atoms with van der Waals surface area (Å²) >= 11 is 3.29. The number of aromatic amines is 1. The van der Waals surface area contributed by atoms with Crippen LogP contribution in [0.5, 0.6) is 0 Å². The molecule has 0 aliphatic carbocycles. The fraction of sp³-hybridized carbons (Fsp3) is 0.444. The van der Waals surface area contributed by atoms with Gasteiger partial charge in [-0.1, -0.05) is 6.92 Å². The number of rotatable bonds is 2. The molecule has 0 spiro atoms. The highest BCUT2D eigenvalue weighted by molar-refractivity contribution is 9.10. The van der Waals surface area contributed by atoms with Gasteiger partial charge in [-0.25, -0.2) is 9.78 Å². The Morgan fingerprint density at radius 2 is 2.12 bits per heavy atom. The van der Waals surface area contributed by atoms with Gasteiger partial charge in [0, 0.05) is 13.6 Å². The Morgan fingerprint density at radius 3 is 2.75 bits per heavy atom. The summed E-state index contributed by atoms with van der Waals surface area (Å²) in [5.41, 5.74) is -0.0270. The molecule has 0 aromatic carbocycles. The van der Waals surface area contributed by atoms with Crippen LogP contribution in [0.15, 0.2) is 14.3 Å². The summed E-state index contributed by atoms with van der Waals surface area (Å²) in [6.07, 6.45) is 0.881. The Balaban J connectivity index is 2.95. The van der Waals surface area contributed by atoms with E-state index in [0.717, 1.165) is 6.42 Å². The van der Waals surface area contributed by atoms with E-state index >= 15 is 0 Å². The third-order valence-electron chi connectivity index (χ3n) is 2.41. The summed E-state index contributed by atoms with van der Waals surface area (Å²) in [4.78, 5) is 29.5. The maximum Gasteiger partial charge on any atom is 0.329 e. The van der Waals surface area contributed by atoms with E-state index < -0.39 is 11.2 Å². The first-order valence-corrected chi connectivity index (χ1v) is 5.70. The van der Waals surface area contributed by atoms with Gasteiger partial charge in [-0.05, 0) is 22.4 Å². The van der Waals surface area contributed by atoms with Gasteiger partial charge in [-0.15, -0.1) is 0 Å². The van der Waals surface area contributed by atoms with Crippen molar-refractivity contribution in [2.45, 2.75) is 19.9 Å². The number of nitrogens with one attached hydrogen (secondary N) is 1. The van der Waals surface area contributed by atoms with Crippen LogP contribution in [0.4, 0.5) is 0 Å². The van der Waals surface area contributed by atoms with Gasteiger partial charge in [-0.2, -0.15) is 0 Å². The molecule has 2 rings (SSSR count). The fourth-order valence-corrected chi connectivity index (χ4v) is 2.16. The zero-order valence-electron chi connectivity index (χ0n) is 8.95. The molecule has 0 bridgehead atoms. The van der Waals surface area contributed by atoms with Crippen LogP contribution < -0.4 is 11.2 Å². The quantitative estimate of drug-likeness (QED) is 0.822. The molecule has 7 heteroatoms. The number of hydrogen-bond donors (Lipinski definition) is 1. The number of nitrogens with zero attached hydrogens (tertiary/aromatic N) is 3. The third kappa shape index (κ3) is 1.51. The van der Waals surface area contributed by atoms with Crippen molar-refractivity contribution in [3.63, 3.8) is 0 Å². The zero-order valence-corrected chi connectivity index (χ0v) is 10.5. The lowest BCUT2D eigenvalue weighted by atomic mass is 10.4. The Bertz CT molecular complexity index is 652. The second-order valence-corrected chi connectivity index (χ2v) is 4.23. The first-order chi connectivity index (χ1) is 7.56. The minimum atomic E-state index is -0.453. The van der Waals surface area contributed by atoms with E-state index in [4.69, 9.17) is 0 Å². The number of imidazole rings is 1. The molecule has 0 saturated heterocycles. The fourth-order valence-electron chi connectivity index (χ4n) is 1.64. The van der Waals surface area contributed by atoms with Gasteiger partial charge in [0.25, 0.3) is 5.56 Å². The molecule has 0 radical (unpaired) electrons. The molecule has 86 valence electrons. The van der Waals surface area contributed by atoms with Crippen molar-refractivity contribution in [2.24, 2.45) is 7.05 Å². The highest BCUT2D eigenvalue weighted by atomic mass is 79.9.